The molecule has 0 aliphatic heterocycles. The molecule has 0 aromatic heterocycles. The minimum Gasteiger partial charge on any atom is -0.497 e. The van der Waals surface area contributed by atoms with Crippen LogP contribution in [-0.4, -0.2) is 25.5 Å². The van der Waals surface area contributed by atoms with Gasteiger partial charge in [0.05, 0.1) is 13.7 Å². The number of anilines is 3. The van der Waals surface area contributed by atoms with Gasteiger partial charge in [0.1, 0.15) is 5.75 Å². The second-order valence-corrected chi connectivity index (χ2v) is 6.74. The Morgan fingerprint density at radius 2 is 1.30 bits per heavy atom. The van der Waals surface area contributed by atoms with Crippen molar-refractivity contribution in [2.24, 2.45) is 0 Å². The lowest BCUT2D eigenvalue weighted by molar-refractivity contribution is -0.116. The first-order valence-electron chi connectivity index (χ1n) is 9.74. The molecule has 6 nitrogen and oxygen atoms in total. The maximum absolute atomic E-state index is 12.1. The molecule has 30 heavy (non-hydrogen) atoms. The molecule has 0 fully saturated rings. The van der Waals surface area contributed by atoms with E-state index in [4.69, 9.17) is 4.74 Å². The molecule has 3 N–H and O–H groups in total. The highest BCUT2D eigenvalue weighted by atomic mass is 16.5. The standard InChI is InChI=1S/C24H25N3O3/c1-30-22-14-12-19(13-15-22)25-17-24(29)27-21-10-8-20(9-11-21)26-23(28)16-7-18-5-3-2-4-6-18/h2-6,8-15,25H,7,16-17H2,1H3,(H,26,28)(H,27,29). The van der Waals surface area contributed by atoms with Gasteiger partial charge < -0.3 is 20.7 Å². The molecule has 0 atom stereocenters. The number of benzene rings is 3. The molecule has 0 heterocycles. The molecule has 2 amide bonds. The number of methoxy groups -OCH3 is 1. The fraction of sp³-hybridized carbons (Fsp3) is 0.167. The van der Waals surface area contributed by atoms with Crippen molar-refractivity contribution in [1.29, 1.82) is 0 Å². The van der Waals surface area contributed by atoms with Crippen LogP contribution in [0.2, 0.25) is 0 Å². The summed E-state index contributed by atoms with van der Waals surface area (Å²) in [6.45, 7) is 0.143. The highest BCUT2D eigenvalue weighted by Crippen LogP contribution is 2.16. The van der Waals surface area contributed by atoms with Crippen molar-refractivity contribution in [1.82, 2.24) is 0 Å². The summed E-state index contributed by atoms with van der Waals surface area (Å²) in [7, 11) is 1.61. The van der Waals surface area contributed by atoms with Crippen molar-refractivity contribution < 1.29 is 14.3 Å². The van der Waals surface area contributed by atoms with Gasteiger partial charge in [-0.3, -0.25) is 9.59 Å². The molecule has 0 radical (unpaired) electrons. The Balaban J connectivity index is 1.41. The Hall–Kier alpha value is -3.80. The summed E-state index contributed by atoms with van der Waals surface area (Å²) in [4.78, 5) is 24.2. The number of rotatable bonds is 9. The molecule has 0 aliphatic rings. The Morgan fingerprint density at radius 3 is 1.90 bits per heavy atom. The van der Waals surface area contributed by atoms with E-state index in [1.165, 1.54) is 0 Å². The van der Waals surface area contributed by atoms with Crippen LogP contribution in [0.4, 0.5) is 17.1 Å². The van der Waals surface area contributed by atoms with Gasteiger partial charge in [-0.1, -0.05) is 30.3 Å². The van der Waals surface area contributed by atoms with Crippen molar-refractivity contribution in [3.8, 4) is 5.75 Å². The van der Waals surface area contributed by atoms with E-state index in [-0.39, 0.29) is 18.4 Å². The van der Waals surface area contributed by atoms with Gasteiger partial charge >= 0.3 is 0 Å². The molecule has 3 rings (SSSR count). The number of ether oxygens (including phenoxy) is 1. The third kappa shape index (κ3) is 6.67. The fourth-order valence-electron chi connectivity index (χ4n) is 2.86. The van der Waals surface area contributed by atoms with Crippen LogP contribution in [0.15, 0.2) is 78.9 Å². The maximum Gasteiger partial charge on any atom is 0.243 e. The topological polar surface area (TPSA) is 79.5 Å². The first kappa shape index (κ1) is 20.9. The van der Waals surface area contributed by atoms with Crippen LogP contribution in [0.5, 0.6) is 5.75 Å². The molecule has 0 spiro atoms. The molecule has 0 bridgehead atoms. The van der Waals surface area contributed by atoms with E-state index in [0.29, 0.717) is 24.2 Å². The predicted octanol–water partition coefficient (Wildman–Crippen LogP) is 4.32. The maximum atomic E-state index is 12.1. The second-order valence-electron chi connectivity index (χ2n) is 6.74. The zero-order chi connectivity index (χ0) is 21.2. The van der Waals surface area contributed by atoms with Gasteiger partial charge in [-0.05, 0) is 60.5 Å². The first-order chi connectivity index (χ1) is 14.6. The van der Waals surface area contributed by atoms with Gasteiger partial charge in [0.25, 0.3) is 0 Å². The smallest absolute Gasteiger partial charge is 0.243 e. The van der Waals surface area contributed by atoms with Gasteiger partial charge in [-0.25, -0.2) is 0 Å². The number of carbonyl (C=O) groups is 2. The Kier molecular flexibility index (Phi) is 7.44. The number of nitrogens with one attached hydrogen (secondary N) is 3. The largest absolute Gasteiger partial charge is 0.497 e. The van der Waals surface area contributed by atoms with Crippen LogP contribution in [0.1, 0.15) is 12.0 Å². The number of aryl methyl sites for hydroxylation is 1. The number of carbonyl (C=O) groups excluding carboxylic acids is 2. The lowest BCUT2D eigenvalue weighted by atomic mass is 10.1. The summed E-state index contributed by atoms with van der Waals surface area (Å²) in [6, 6.07) is 24.3. The van der Waals surface area contributed by atoms with Crippen molar-refractivity contribution in [3.05, 3.63) is 84.4 Å². The lowest BCUT2D eigenvalue weighted by Gasteiger charge is -2.10. The lowest BCUT2D eigenvalue weighted by Crippen LogP contribution is -2.21. The Bertz CT molecular complexity index is 955. The van der Waals surface area contributed by atoms with Crippen LogP contribution in [0.25, 0.3) is 0 Å². The first-order valence-corrected chi connectivity index (χ1v) is 9.74. The average Bonchev–Trinajstić information content (AvgIpc) is 2.79. The van der Waals surface area contributed by atoms with Crippen molar-refractivity contribution in [2.45, 2.75) is 12.8 Å². The normalized spacial score (nSPS) is 10.2. The zero-order valence-electron chi connectivity index (χ0n) is 16.9. The molecule has 0 saturated heterocycles. The van der Waals surface area contributed by atoms with E-state index >= 15 is 0 Å². The SMILES string of the molecule is COc1ccc(NCC(=O)Nc2ccc(NC(=O)CCc3ccccc3)cc2)cc1. The minimum absolute atomic E-state index is 0.0423. The van der Waals surface area contributed by atoms with E-state index in [9.17, 15) is 9.59 Å². The molecule has 6 heteroatoms. The monoisotopic (exact) mass is 403 g/mol. The van der Waals surface area contributed by atoms with Gasteiger partial charge in [-0.15, -0.1) is 0 Å². The third-order valence-electron chi connectivity index (χ3n) is 4.48. The van der Waals surface area contributed by atoms with Crippen LogP contribution in [0, 0.1) is 0 Å². The van der Waals surface area contributed by atoms with E-state index in [2.05, 4.69) is 16.0 Å². The van der Waals surface area contributed by atoms with Crippen molar-refractivity contribution >= 4 is 28.9 Å². The quantitative estimate of drug-likeness (QED) is 0.497. The zero-order valence-corrected chi connectivity index (χ0v) is 16.9. The Labute approximate surface area is 176 Å². The van der Waals surface area contributed by atoms with Gasteiger partial charge in [-0.2, -0.15) is 0 Å². The Morgan fingerprint density at radius 1 is 0.733 bits per heavy atom. The van der Waals surface area contributed by atoms with Crippen LogP contribution in [-0.2, 0) is 16.0 Å². The van der Waals surface area contributed by atoms with Crippen LogP contribution >= 0.6 is 0 Å². The summed E-state index contributed by atoms with van der Waals surface area (Å²) in [5.74, 6) is 0.557. The molecule has 0 unspecified atom stereocenters. The molecule has 0 saturated carbocycles. The number of hydrogen-bond donors (Lipinski definition) is 3. The average molecular weight is 403 g/mol. The molecule has 154 valence electrons. The third-order valence-corrected chi connectivity index (χ3v) is 4.48. The summed E-state index contributed by atoms with van der Waals surface area (Å²) in [5.41, 5.74) is 3.33. The summed E-state index contributed by atoms with van der Waals surface area (Å²) < 4.78 is 5.11. The number of amides is 2. The van der Waals surface area contributed by atoms with E-state index in [1.807, 2.05) is 54.6 Å². The van der Waals surface area contributed by atoms with Crippen LogP contribution < -0.4 is 20.7 Å². The molecule has 3 aromatic rings. The predicted molar refractivity (Wildman–Crippen MR) is 120 cm³/mol. The molecule has 0 aliphatic carbocycles. The molecule has 3 aromatic carbocycles. The summed E-state index contributed by atoms with van der Waals surface area (Å²) in [6.07, 6.45) is 1.11. The highest BCUT2D eigenvalue weighted by Gasteiger charge is 2.05. The van der Waals surface area contributed by atoms with Gasteiger partial charge in [0.15, 0.2) is 0 Å². The van der Waals surface area contributed by atoms with E-state index in [0.717, 1.165) is 17.0 Å². The molecular formula is C24H25N3O3. The highest BCUT2D eigenvalue weighted by molar-refractivity contribution is 5.94. The summed E-state index contributed by atoms with van der Waals surface area (Å²) in [5, 5.41) is 8.75. The second kappa shape index (κ2) is 10.7. The van der Waals surface area contributed by atoms with Gasteiger partial charge in [0, 0.05) is 23.5 Å². The molecular weight excluding hydrogens is 378 g/mol. The van der Waals surface area contributed by atoms with Gasteiger partial charge in [0.2, 0.25) is 11.8 Å². The summed E-state index contributed by atoms with van der Waals surface area (Å²) >= 11 is 0. The van der Waals surface area contributed by atoms with Crippen molar-refractivity contribution in [2.75, 3.05) is 29.6 Å². The number of hydrogen-bond acceptors (Lipinski definition) is 4. The van der Waals surface area contributed by atoms with E-state index in [1.54, 1.807) is 31.4 Å². The van der Waals surface area contributed by atoms with E-state index < -0.39 is 0 Å². The minimum atomic E-state index is -0.162. The fourth-order valence-corrected chi connectivity index (χ4v) is 2.86. The van der Waals surface area contributed by atoms with Crippen LogP contribution in [0.3, 0.4) is 0 Å². The van der Waals surface area contributed by atoms with Crippen molar-refractivity contribution in [3.63, 3.8) is 0 Å².